The van der Waals surface area contributed by atoms with Gasteiger partial charge in [0.1, 0.15) is 6.07 Å². The summed E-state index contributed by atoms with van der Waals surface area (Å²) in [6, 6.07) is 5.13. The summed E-state index contributed by atoms with van der Waals surface area (Å²) in [5.74, 6) is 0. The summed E-state index contributed by atoms with van der Waals surface area (Å²) in [6.07, 6.45) is 1.37. The van der Waals surface area contributed by atoms with Crippen LogP contribution in [0, 0.1) is 11.3 Å². The molecule has 0 bridgehead atoms. The van der Waals surface area contributed by atoms with Crippen molar-refractivity contribution >= 4 is 39.8 Å². The first-order valence-corrected chi connectivity index (χ1v) is 5.08. The molecular weight excluding hydrogens is 249 g/mol. The van der Waals surface area contributed by atoms with E-state index in [9.17, 15) is 0 Å². The van der Waals surface area contributed by atoms with Crippen molar-refractivity contribution in [1.82, 2.24) is 4.98 Å². The number of fused-ring (bicyclic) bond motifs is 1. The van der Waals surface area contributed by atoms with E-state index < -0.39 is 0 Å². The molecule has 0 aliphatic carbocycles. The summed E-state index contributed by atoms with van der Waals surface area (Å²) in [6.45, 7) is 0. The van der Waals surface area contributed by atoms with Crippen LogP contribution in [0.15, 0.2) is 18.3 Å². The van der Waals surface area contributed by atoms with Gasteiger partial charge in [-0.2, -0.15) is 10.7 Å². The van der Waals surface area contributed by atoms with Gasteiger partial charge in [-0.3, -0.25) is 4.98 Å². The summed E-state index contributed by atoms with van der Waals surface area (Å²) in [5.41, 5.74) is 2.22. The molecule has 0 fully saturated rings. The molecule has 1 aromatic carbocycles. The van der Waals surface area contributed by atoms with Crippen LogP contribution in [0.25, 0.3) is 10.9 Å². The van der Waals surface area contributed by atoms with Crippen molar-refractivity contribution < 1.29 is 10.7 Å². The Balaban J connectivity index is 2.87. The quantitative estimate of drug-likeness (QED) is 0.604. The fraction of sp³-hybridized carbons (Fsp3) is 0. The van der Waals surface area contributed by atoms with Crippen LogP contribution in [0.1, 0.15) is 5.56 Å². The first-order valence-electron chi connectivity index (χ1n) is 4.32. The van der Waals surface area contributed by atoms with E-state index in [0.717, 1.165) is 5.48 Å². The summed E-state index contributed by atoms with van der Waals surface area (Å²) in [5, 5.41) is 19.0. The number of rotatable bonds is 1. The summed E-state index contributed by atoms with van der Waals surface area (Å²) in [7, 11) is 0. The Morgan fingerprint density at radius 1 is 1.38 bits per heavy atom. The monoisotopic (exact) mass is 254 g/mol. The number of hydrogen-bond acceptors (Lipinski definition) is 3. The Labute approximate surface area is 101 Å². The SMILES string of the molecule is N#Cc1cnc2c(Cl)cc([NH2+]O)cc2c1Cl. The van der Waals surface area contributed by atoms with Crippen molar-refractivity contribution in [3.8, 4) is 6.07 Å². The maximum Gasteiger partial charge on any atom is 0.164 e. The Kier molecular flexibility index (Phi) is 2.95. The molecule has 0 saturated heterocycles. The van der Waals surface area contributed by atoms with Gasteiger partial charge in [-0.05, 0) is 0 Å². The maximum atomic E-state index is 8.93. The largest absolute Gasteiger partial charge is 0.253 e. The predicted molar refractivity (Wildman–Crippen MR) is 59.8 cm³/mol. The van der Waals surface area contributed by atoms with Gasteiger partial charge in [0.05, 0.1) is 21.1 Å². The zero-order chi connectivity index (χ0) is 11.7. The normalized spacial score (nSPS) is 10.4. The molecule has 0 atom stereocenters. The van der Waals surface area contributed by atoms with E-state index >= 15 is 0 Å². The minimum Gasteiger partial charge on any atom is -0.253 e. The molecule has 0 saturated carbocycles. The lowest BCUT2D eigenvalue weighted by atomic mass is 10.1. The zero-order valence-electron chi connectivity index (χ0n) is 7.91. The molecule has 1 aromatic heterocycles. The van der Waals surface area contributed by atoms with Gasteiger partial charge in [-0.15, -0.1) is 0 Å². The molecule has 3 N–H and O–H groups in total. The fourth-order valence-electron chi connectivity index (χ4n) is 1.40. The maximum absolute atomic E-state index is 8.93. The van der Waals surface area contributed by atoms with E-state index in [1.54, 1.807) is 12.1 Å². The first kappa shape index (κ1) is 11.1. The first-order chi connectivity index (χ1) is 7.67. The Morgan fingerprint density at radius 3 is 2.75 bits per heavy atom. The highest BCUT2D eigenvalue weighted by atomic mass is 35.5. The van der Waals surface area contributed by atoms with Gasteiger partial charge in [0.15, 0.2) is 5.69 Å². The minimum atomic E-state index is 0.278. The topological polar surface area (TPSA) is 73.5 Å². The molecule has 0 spiro atoms. The van der Waals surface area contributed by atoms with Gasteiger partial charge in [0.25, 0.3) is 0 Å². The summed E-state index contributed by atoms with van der Waals surface area (Å²) < 4.78 is 0. The van der Waals surface area contributed by atoms with Crippen molar-refractivity contribution in [2.75, 3.05) is 0 Å². The number of nitriles is 1. The van der Waals surface area contributed by atoms with E-state index in [4.69, 9.17) is 33.7 Å². The van der Waals surface area contributed by atoms with Crippen molar-refractivity contribution in [1.29, 1.82) is 5.26 Å². The number of halogens is 2. The van der Waals surface area contributed by atoms with Crippen LogP contribution >= 0.6 is 23.2 Å². The average Bonchev–Trinajstić information content (AvgIpc) is 2.30. The molecule has 4 nitrogen and oxygen atoms in total. The Hall–Kier alpha value is -1.38. The molecule has 0 radical (unpaired) electrons. The number of pyridine rings is 1. The smallest absolute Gasteiger partial charge is 0.164 e. The number of quaternary nitrogens is 1. The zero-order valence-corrected chi connectivity index (χ0v) is 9.42. The van der Waals surface area contributed by atoms with Gasteiger partial charge in [0.2, 0.25) is 0 Å². The molecule has 16 heavy (non-hydrogen) atoms. The van der Waals surface area contributed by atoms with Gasteiger partial charge < -0.3 is 0 Å². The lowest BCUT2D eigenvalue weighted by Gasteiger charge is -2.04. The van der Waals surface area contributed by atoms with Gasteiger partial charge in [0, 0.05) is 23.7 Å². The third-order valence-corrected chi connectivity index (χ3v) is 2.85. The standard InChI is InChI=1S/C10H5Cl2N3O/c11-8-2-6(15-16)1-7-9(12)5(3-13)4-14-10(7)8/h1-2,4,15-16H/p+1. The molecule has 6 heteroatoms. The van der Waals surface area contributed by atoms with E-state index in [0.29, 0.717) is 21.6 Å². The van der Waals surface area contributed by atoms with Crippen LogP contribution in [-0.2, 0) is 0 Å². The molecule has 0 aliphatic rings. The Bertz CT molecular complexity index is 607. The van der Waals surface area contributed by atoms with Gasteiger partial charge in [-0.1, -0.05) is 23.2 Å². The molecule has 0 amide bonds. The van der Waals surface area contributed by atoms with Gasteiger partial charge in [-0.25, -0.2) is 5.21 Å². The highest BCUT2D eigenvalue weighted by molar-refractivity contribution is 6.40. The molecule has 2 rings (SSSR count). The van der Waals surface area contributed by atoms with E-state index in [-0.39, 0.29) is 10.6 Å². The predicted octanol–water partition coefficient (Wildman–Crippen LogP) is 2.00. The number of aromatic nitrogens is 1. The number of nitrogens with zero attached hydrogens (tertiary/aromatic N) is 2. The fourth-order valence-corrected chi connectivity index (χ4v) is 1.91. The van der Waals surface area contributed by atoms with Crippen LogP contribution in [0.5, 0.6) is 0 Å². The van der Waals surface area contributed by atoms with Crippen molar-refractivity contribution in [3.05, 3.63) is 33.9 Å². The highest BCUT2D eigenvalue weighted by Crippen LogP contribution is 2.31. The molecule has 1 heterocycles. The van der Waals surface area contributed by atoms with Gasteiger partial charge >= 0.3 is 0 Å². The summed E-state index contributed by atoms with van der Waals surface area (Å²) >= 11 is 12.0. The van der Waals surface area contributed by atoms with E-state index in [2.05, 4.69) is 4.98 Å². The molecular formula is C10H6Cl2N3O+. The van der Waals surface area contributed by atoms with Crippen molar-refractivity contribution in [3.63, 3.8) is 0 Å². The third kappa shape index (κ3) is 1.70. The lowest BCUT2D eigenvalue weighted by molar-refractivity contribution is -0.825. The number of hydrogen-bond donors (Lipinski definition) is 2. The van der Waals surface area contributed by atoms with Crippen molar-refractivity contribution in [2.24, 2.45) is 0 Å². The highest BCUT2D eigenvalue weighted by Gasteiger charge is 2.12. The Morgan fingerprint density at radius 2 is 2.12 bits per heavy atom. The van der Waals surface area contributed by atoms with E-state index in [1.165, 1.54) is 6.20 Å². The lowest BCUT2D eigenvalue weighted by Crippen LogP contribution is -2.73. The van der Waals surface area contributed by atoms with Crippen LogP contribution in [-0.4, -0.2) is 10.2 Å². The molecule has 0 unspecified atom stereocenters. The second-order valence-electron chi connectivity index (χ2n) is 3.13. The molecule has 2 aromatic rings. The second-order valence-corrected chi connectivity index (χ2v) is 3.91. The molecule has 0 aliphatic heterocycles. The number of benzene rings is 1. The number of nitrogens with two attached hydrogens (primary N) is 1. The van der Waals surface area contributed by atoms with Crippen LogP contribution in [0.3, 0.4) is 0 Å². The summed E-state index contributed by atoms with van der Waals surface area (Å²) in [4.78, 5) is 4.05. The van der Waals surface area contributed by atoms with E-state index in [1.807, 2.05) is 6.07 Å². The van der Waals surface area contributed by atoms with Crippen LogP contribution in [0.2, 0.25) is 10.0 Å². The third-order valence-electron chi connectivity index (χ3n) is 2.15. The average molecular weight is 255 g/mol. The second kappa shape index (κ2) is 4.24. The molecule has 80 valence electrons. The minimum absolute atomic E-state index is 0.278. The van der Waals surface area contributed by atoms with Crippen molar-refractivity contribution in [2.45, 2.75) is 0 Å². The van der Waals surface area contributed by atoms with Crippen LogP contribution in [0.4, 0.5) is 5.69 Å². The van der Waals surface area contributed by atoms with Crippen LogP contribution < -0.4 is 5.48 Å².